The summed E-state index contributed by atoms with van der Waals surface area (Å²) in [5, 5.41) is 13.5. The van der Waals surface area contributed by atoms with Crippen LogP contribution in [-0.4, -0.2) is 22.8 Å². The molecule has 1 saturated carbocycles. The van der Waals surface area contributed by atoms with Gasteiger partial charge in [-0.15, -0.1) is 0 Å². The van der Waals surface area contributed by atoms with Gasteiger partial charge < -0.3 is 10.4 Å². The molecule has 0 aliphatic heterocycles. The molecule has 0 saturated heterocycles. The van der Waals surface area contributed by atoms with E-state index in [4.69, 9.17) is 0 Å². The third-order valence-corrected chi connectivity index (χ3v) is 3.31. The topological polar surface area (TPSA) is 32.3 Å². The highest BCUT2D eigenvalue weighted by Gasteiger charge is 2.32. The smallest absolute Gasteiger partial charge is 0.0771 e. The van der Waals surface area contributed by atoms with E-state index in [1.165, 1.54) is 12.8 Å². The van der Waals surface area contributed by atoms with Crippen molar-refractivity contribution >= 4 is 0 Å². The minimum absolute atomic E-state index is 0.165. The molecule has 0 amide bonds. The van der Waals surface area contributed by atoms with Crippen LogP contribution in [0.1, 0.15) is 52.9 Å². The Morgan fingerprint density at radius 2 is 1.85 bits per heavy atom. The second-order valence-electron chi connectivity index (χ2n) is 5.02. The van der Waals surface area contributed by atoms with Gasteiger partial charge in [0.05, 0.1) is 5.60 Å². The van der Waals surface area contributed by atoms with Gasteiger partial charge in [-0.1, -0.05) is 19.8 Å². The molecule has 2 heteroatoms. The Balaban J connectivity index is 2.32. The van der Waals surface area contributed by atoms with E-state index >= 15 is 0 Å². The van der Waals surface area contributed by atoms with Gasteiger partial charge in [-0.25, -0.2) is 0 Å². The van der Waals surface area contributed by atoms with Crippen LogP contribution in [0.25, 0.3) is 0 Å². The highest BCUT2D eigenvalue weighted by molar-refractivity contribution is 4.89. The summed E-state index contributed by atoms with van der Waals surface area (Å²) < 4.78 is 0. The molecule has 78 valence electrons. The quantitative estimate of drug-likeness (QED) is 0.702. The van der Waals surface area contributed by atoms with Gasteiger partial charge in [-0.2, -0.15) is 0 Å². The second-order valence-corrected chi connectivity index (χ2v) is 5.02. The van der Waals surface area contributed by atoms with E-state index in [1.54, 1.807) is 0 Å². The van der Waals surface area contributed by atoms with Crippen LogP contribution in [0.3, 0.4) is 0 Å². The minimum atomic E-state index is -0.410. The normalized spacial score (nSPS) is 22.2. The van der Waals surface area contributed by atoms with Crippen LogP contribution in [0.2, 0.25) is 0 Å². The number of rotatable bonds is 4. The summed E-state index contributed by atoms with van der Waals surface area (Å²) in [4.78, 5) is 0. The number of aliphatic hydroxyl groups is 1. The molecule has 0 heterocycles. The molecule has 1 aliphatic carbocycles. The molecule has 0 unspecified atom stereocenters. The van der Waals surface area contributed by atoms with Crippen molar-refractivity contribution in [3.05, 3.63) is 0 Å². The Bertz CT molecular complexity index is 159. The molecule has 2 nitrogen and oxygen atoms in total. The van der Waals surface area contributed by atoms with E-state index in [9.17, 15) is 5.11 Å². The summed E-state index contributed by atoms with van der Waals surface area (Å²) in [6.07, 6.45) is 5.41. The summed E-state index contributed by atoms with van der Waals surface area (Å²) in [5.74, 6) is 0. The molecule has 0 atom stereocenters. The standard InChI is InChI=1S/C11H23NO/c1-4-10(2,3)12-9-11(13)7-5-6-8-11/h12-13H,4-9H2,1-3H3. The Hall–Kier alpha value is -0.0800. The Morgan fingerprint density at radius 3 is 2.31 bits per heavy atom. The maximum Gasteiger partial charge on any atom is 0.0771 e. The summed E-state index contributed by atoms with van der Waals surface area (Å²) in [6, 6.07) is 0. The predicted molar refractivity (Wildman–Crippen MR) is 55.8 cm³/mol. The van der Waals surface area contributed by atoms with Crippen LogP contribution >= 0.6 is 0 Å². The highest BCUT2D eigenvalue weighted by Crippen LogP contribution is 2.29. The molecule has 0 aromatic carbocycles. The third-order valence-electron chi connectivity index (χ3n) is 3.31. The zero-order valence-electron chi connectivity index (χ0n) is 9.19. The van der Waals surface area contributed by atoms with Crippen molar-refractivity contribution in [3.8, 4) is 0 Å². The van der Waals surface area contributed by atoms with Crippen LogP contribution in [0.5, 0.6) is 0 Å². The first-order valence-corrected chi connectivity index (χ1v) is 5.45. The molecule has 0 radical (unpaired) electrons. The first kappa shape index (κ1) is 11.0. The van der Waals surface area contributed by atoms with Crippen molar-refractivity contribution in [1.82, 2.24) is 5.32 Å². The average molecular weight is 185 g/mol. The molecule has 0 aromatic rings. The van der Waals surface area contributed by atoms with Crippen LogP contribution in [0, 0.1) is 0 Å². The first-order valence-electron chi connectivity index (χ1n) is 5.45. The lowest BCUT2D eigenvalue weighted by atomic mass is 9.97. The van der Waals surface area contributed by atoms with Crippen molar-refractivity contribution in [2.75, 3.05) is 6.54 Å². The lowest BCUT2D eigenvalue weighted by Crippen LogP contribution is -2.47. The average Bonchev–Trinajstić information content (AvgIpc) is 2.50. The molecule has 1 fully saturated rings. The SMILES string of the molecule is CCC(C)(C)NCC1(O)CCCC1. The fraction of sp³-hybridized carbons (Fsp3) is 1.00. The summed E-state index contributed by atoms with van der Waals surface area (Å²) >= 11 is 0. The maximum absolute atomic E-state index is 10.1. The third kappa shape index (κ3) is 3.28. The van der Waals surface area contributed by atoms with Gasteiger partial charge in [0.1, 0.15) is 0 Å². The number of hydrogen-bond acceptors (Lipinski definition) is 2. The molecule has 2 N–H and O–H groups in total. The molecule has 0 spiro atoms. The van der Waals surface area contributed by atoms with Gasteiger partial charge >= 0.3 is 0 Å². The summed E-state index contributed by atoms with van der Waals surface area (Å²) in [6.45, 7) is 7.30. The van der Waals surface area contributed by atoms with E-state index in [2.05, 4.69) is 26.1 Å². The minimum Gasteiger partial charge on any atom is -0.389 e. The van der Waals surface area contributed by atoms with Crippen molar-refractivity contribution in [3.63, 3.8) is 0 Å². The van der Waals surface area contributed by atoms with E-state index in [-0.39, 0.29) is 5.54 Å². The Labute approximate surface area is 81.7 Å². The van der Waals surface area contributed by atoms with Gasteiger partial charge in [-0.3, -0.25) is 0 Å². The van der Waals surface area contributed by atoms with Crippen molar-refractivity contribution in [2.45, 2.75) is 64.0 Å². The van der Waals surface area contributed by atoms with Gasteiger partial charge in [0.2, 0.25) is 0 Å². The predicted octanol–water partition coefficient (Wildman–Crippen LogP) is 2.07. The molecule has 1 rings (SSSR count). The zero-order chi connectivity index (χ0) is 9.95. The zero-order valence-corrected chi connectivity index (χ0v) is 9.19. The lowest BCUT2D eigenvalue weighted by Gasteiger charge is -2.30. The van der Waals surface area contributed by atoms with Crippen molar-refractivity contribution in [2.24, 2.45) is 0 Å². The second kappa shape index (κ2) is 3.97. The summed E-state index contributed by atoms with van der Waals surface area (Å²) in [7, 11) is 0. The lowest BCUT2D eigenvalue weighted by molar-refractivity contribution is 0.0402. The van der Waals surface area contributed by atoms with E-state index < -0.39 is 5.60 Å². The molecule has 13 heavy (non-hydrogen) atoms. The first-order chi connectivity index (χ1) is 5.97. The van der Waals surface area contributed by atoms with E-state index in [0.717, 1.165) is 25.8 Å². The highest BCUT2D eigenvalue weighted by atomic mass is 16.3. The molecular weight excluding hydrogens is 162 g/mol. The number of nitrogens with one attached hydrogen (secondary N) is 1. The van der Waals surface area contributed by atoms with Crippen LogP contribution in [0.4, 0.5) is 0 Å². The van der Waals surface area contributed by atoms with Gasteiger partial charge in [-0.05, 0) is 33.1 Å². The van der Waals surface area contributed by atoms with Crippen LogP contribution in [-0.2, 0) is 0 Å². The van der Waals surface area contributed by atoms with Gasteiger partial charge in [0.15, 0.2) is 0 Å². The van der Waals surface area contributed by atoms with Crippen molar-refractivity contribution < 1.29 is 5.11 Å². The number of hydrogen-bond donors (Lipinski definition) is 2. The molecular formula is C11H23NO. The molecule has 1 aliphatic rings. The molecule has 0 aromatic heterocycles. The van der Waals surface area contributed by atoms with Crippen LogP contribution < -0.4 is 5.32 Å². The van der Waals surface area contributed by atoms with Gasteiger partial charge in [0, 0.05) is 12.1 Å². The van der Waals surface area contributed by atoms with Crippen molar-refractivity contribution in [1.29, 1.82) is 0 Å². The summed E-state index contributed by atoms with van der Waals surface area (Å²) in [5.41, 5.74) is -0.245. The van der Waals surface area contributed by atoms with Gasteiger partial charge in [0.25, 0.3) is 0 Å². The Kier molecular flexibility index (Phi) is 3.36. The van der Waals surface area contributed by atoms with E-state index in [1.807, 2.05) is 0 Å². The monoisotopic (exact) mass is 185 g/mol. The Morgan fingerprint density at radius 1 is 1.31 bits per heavy atom. The largest absolute Gasteiger partial charge is 0.389 e. The van der Waals surface area contributed by atoms with E-state index in [0.29, 0.717) is 0 Å². The van der Waals surface area contributed by atoms with Crippen LogP contribution in [0.15, 0.2) is 0 Å². The number of β-amino-alcohol motifs (C(OH)–C–C–N with tert-alkyl or cyclic N) is 1. The fourth-order valence-electron chi connectivity index (χ4n) is 1.74. The maximum atomic E-state index is 10.1. The molecule has 0 bridgehead atoms. The fourth-order valence-corrected chi connectivity index (χ4v) is 1.74.